The molecule has 6 heteroatoms. The molecule has 2 aromatic rings. The van der Waals surface area contributed by atoms with E-state index in [4.69, 9.17) is 0 Å². The summed E-state index contributed by atoms with van der Waals surface area (Å²) in [5.41, 5.74) is 2.29. The molecule has 0 spiro atoms. The number of pyridine rings is 1. The average Bonchev–Trinajstić information content (AvgIpc) is 2.55. The first-order chi connectivity index (χ1) is 10.7. The van der Waals surface area contributed by atoms with Crippen molar-refractivity contribution in [2.24, 2.45) is 0 Å². The number of nitrogens with zero attached hydrogens (tertiary/aromatic N) is 1. The van der Waals surface area contributed by atoms with E-state index < -0.39 is 10.8 Å². The summed E-state index contributed by atoms with van der Waals surface area (Å²) in [7, 11) is -0.891. The van der Waals surface area contributed by atoms with E-state index in [0.717, 1.165) is 16.3 Å². The summed E-state index contributed by atoms with van der Waals surface area (Å²) in [6.45, 7) is 1.90. The lowest BCUT2D eigenvalue weighted by Crippen LogP contribution is -2.31. The van der Waals surface area contributed by atoms with Crippen LogP contribution >= 0.6 is 11.8 Å². The van der Waals surface area contributed by atoms with Crippen molar-refractivity contribution in [1.82, 2.24) is 10.3 Å². The van der Waals surface area contributed by atoms with Crippen molar-refractivity contribution in [1.29, 1.82) is 0 Å². The highest BCUT2D eigenvalue weighted by atomic mass is 32.2. The molecule has 1 aromatic carbocycles. The SMILES string of the molecule is CCS(=O)Cc1cccc(C2NC(=O)c3ccccc3S2)n1. The van der Waals surface area contributed by atoms with Gasteiger partial charge in [0.1, 0.15) is 5.37 Å². The van der Waals surface area contributed by atoms with Gasteiger partial charge in [0.2, 0.25) is 0 Å². The molecule has 1 aliphatic rings. The van der Waals surface area contributed by atoms with Crippen LogP contribution in [0.25, 0.3) is 0 Å². The Kier molecular flexibility index (Phi) is 4.59. The molecule has 1 amide bonds. The number of aromatic nitrogens is 1. The Labute approximate surface area is 136 Å². The molecule has 0 fully saturated rings. The van der Waals surface area contributed by atoms with E-state index in [1.54, 1.807) is 11.8 Å². The van der Waals surface area contributed by atoms with E-state index in [2.05, 4.69) is 10.3 Å². The third-order valence-corrected chi connectivity index (χ3v) is 5.83. The molecule has 1 N–H and O–H groups in total. The second-order valence-electron chi connectivity index (χ2n) is 4.89. The topological polar surface area (TPSA) is 59.1 Å². The maximum absolute atomic E-state index is 12.2. The largest absolute Gasteiger partial charge is 0.334 e. The molecular weight excluding hydrogens is 316 g/mol. The first-order valence-corrected chi connectivity index (χ1v) is 9.41. The van der Waals surface area contributed by atoms with Gasteiger partial charge in [0.15, 0.2) is 0 Å². The van der Waals surface area contributed by atoms with Gasteiger partial charge in [-0.05, 0) is 24.3 Å². The molecule has 2 atom stereocenters. The third-order valence-electron chi connectivity index (χ3n) is 3.37. The van der Waals surface area contributed by atoms with Crippen molar-refractivity contribution in [2.75, 3.05) is 5.75 Å². The number of carbonyl (C=O) groups is 1. The number of thioether (sulfide) groups is 1. The smallest absolute Gasteiger partial charge is 0.253 e. The highest BCUT2D eigenvalue weighted by Gasteiger charge is 2.26. The maximum atomic E-state index is 12.2. The van der Waals surface area contributed by atoms with Crippen molar-refractivity contribution < 1.29 is 9.00 Å². The molecule has 0 radical (unpaired) electrons. The number of hydrogen-bond acceptors (Lipinski definition) is 4. The molecule has 2 heterocycles. The number of fused-ring (bicyclic) bond motifs is 1. The summed E-state index contributed by atoms with van der Waals surface area (Å²) in [5.74, 6) is 0.990. The number of carbonyl (C=O) groups excluding carboxylic acids is 1. The molecule has 0 saturated heterocycles. The lowest BCUT2D eigenvalue weighted by Gasteiger charge is -2.24. The minimum atomic E-state index is -0.891. The first kappa shape index (κ1) is 15.2. The molecular formula is C16H16N2O2S2. The Morgan fingerprint density at radius 1 is 1.23 bits per heavy atom. The second kappa shape index (κ2) is 6.62. The molecule has 4 nitrogen and oxygen atoms in total. The fourth-order valence-corrected chi connectivity index (χ4v) is 4.05. The zero-order valence-electron chi connectivity index (χ0n) is 12.1. The summed E-state index contributed by atoms with van der Waals surface area (Å²) < 4.78 is 11.7. The lowest BCUT2D eigenvalue weighted by atomic mass is 10.2. The van der Waals surface area contributed by atoms with Crippen molar-refractivity contribution in [3.8, 4) is 0 Å². The van der Waals surface area contributed by atoms with Crippen molar-refractivity contribution in [3.63, 3.8) is 0 Å². The third kappa shape index (κ3) is 3.23. The van der Waals surface area contributed by atoms with Crippen LogP contribution in [0.5, 0.6) is 0 Å². The standard InChI is InChI=1S/C16H16N2O2S2/c1-2-22(20)10-11-6-5-8-13(17-11)16-18-15(19)12-7-3-4-9-14(12)21-16/h3-9,16H,2,10H2,1H3,(H,18,19). The number of rotatable bonds is 4. The van der Waals surface area contributed by atoms with Crippen LogP contribution in [-0.4, -0.2) is 20.9 Å². The molecule has 114 valence electrons. The first-order valence-electron chi connectivity index (χ1n) is 7.04. The van der Waals surface area contributed by atoms with Gasteiger partial charge in [-0.2, -0.15) is 0 Å². The normalized spacial score (nSPS) is 18.4. The Balaban J connectivity index is 1.85. The van der Waals surface area contributed by atoms with Gasteiger partial charge in [-0.15, -0.1) is 0 Å². The van der Waals surface area contributed by atoms with E-state index in [-0.39, 0.29) is 11.3 Å². The molecule has 0 saturated carbocycles. The van der Waals surface area contributed by atoms with Crippen molar-refractivity contribution in [2.45, 2.75) is 22.9 Å². The number of benzene rings is 1. The number of nitrogens with one attached hydrogen (secondary N) is 1. The molecule has 1 aromatic heterocycles. The summed E-state index contributed by atoms with van der Waals surface area (Å²) in [4.78, 5) is 17.7. The van der Waals surface area contributed by atoms with Crippen LogP contribution in [0.2, 0.25) is 0 Å². The van der Waals surface area contributed by atoms with Crippen LogP contribution in [0.3, 0.4) is 0 Å². The number of amides is 1. The van der Waals surface area contributed by atoms with Crippen LogP contribution in [0, 0.1) is 0 Å². The highest BCUT2D eigenvalue weighted by molar-refractivity contribution is 7.99. The fraction of sp³-hybridized carbons (Fsp3) is 0.250. The Morgan fingerprint density at radius 3 is 2.86 bits per heavy atom. The predicted molar refractivity (Wildman–Crippen MR) is 89.1 cm³/mol. The van der Waals surface area contributed by atoms with Crippen LogP contribution in [-0.2, 0) is 16.6 Å². The van der Waals surface area contributed by atoms with E-state index in [1.807, 2.05) is 49.4 Å². The Hall–Kier alpha value is -1.66. The predicted octanol–water partition coefficient (Wildman–Crippen LogP) is 2.88. The van der Waals surface area contributed by atoms with E-state index >= 15 is 0 Å². The molecule has 3 rings (SSSR count). The number of hydrogen-bond donors (Lipinski definition) is 1. The summed E-state index contributed by atoms with van der Waals surface area (Å²) in [6, 6.07) is 13.2. The van der Waals surface area contributed by atoms with Crippen LogP contribution in [0.1, 0.15) is 34.0 Å². The zero-order valence-corrected chi connectivity index (χ0v) is 13.7. The van der Waals surface area contributed by atoms with Gasteiger partial charge in [-0.3, -0.25) is 14.0 Å². The monoisotopic (exact) mass is 332 g/mol. The van der Waals surface area contributed by atoms with Crippen LogP contribution < -0.4 is 5.32 Å². The van der Waals surface area contributed by atoms with Gasteiger partial charge < -0.3 is 5.32 Å². The Morgan fingerprint density at radius 2 is 2.05 bits per heavy atom. The van der Waals surface area contributed by atoms with E-state index in [0.29, 0.717) is 17.1 Å². The van der Waals surface area contributed by atoms with E-state index in [9.17, 15) is 9.00 Å². The summed E-state index contributed by atoms with van der Waals surface area (Å²) in [6.07, 6.45) is 0. The lowest BCUT2D eigenvalue weighted by molar-refractivity contribution is 0.0943. The Bertz CT molecular complexity index is 734. The molecule has 0 aliphatic carbocycles. The molecule has 0 bridgehead atoms. The molecule has 1 aliphatic heterocycles. The summed E-state index contributed by atoms with van der Waals surface area (Å²) >= 11 is 1.58. The van der Waals surface area contributed by atoms with Gasteiger partial charge in [0.25, 0.3) is 5.91 Å². The minimum absolute atomic E-state index is 0.0799. The molecule has 2 unspecified atom stereocenters. The quantitative estimate of drug-likeness (QED) is 0.935. The average molecular weight is 332 g/mol. The van der Waals surface area contributed by atoms with E-state index in [1.165, 1.54) is 0 Å². The zero-order chi connectivity index (χ0) is 15.5. The summed E-state index contributed by atoms with van der Waals surface area (Å²) in [5, 5.41) is 2.76. The van der Waals surface area contributed by atoms with Gasteiger partial charge in [0, 0.05) is 21.4 Å². The second-order valence-corrected chi connectivity index (χ2v) is 7.79. The van der Waals surface area contributed by atoms with Gasteiger partial charge in [0.05, 0.1) is 22.7 Å². The minimum Gasteiger partial charge on any atom is -0.334 e. The van der Waals surface area contributed by atoms with Crippen LogP contribution in [0.15, 0.2) is 47.4 Å². The van der Waals surface area contributed by atoms with Crippen molar-refractivity contribution >= 4 is 28.5 Å². The van der Waals surface area contributed by atoms with Crippen LogP contribution in [0.4, 0.5) is 0 Å². The maximum Gasteiger partial charge on any atom is 0.253 e. The van der Waals surface area contributed by atoms with Crippen molar-refractivity contribution in [3.05, 3.63) is 59.4 Å². The van der Waals surface area contributed by atoms with Gasteiger partial charge >= 0.3 is 0 Å². The van der Waals surface area contributed by atoms with Gasteiger partial charge in [-0.25, -0.2) is 0 Å². The van der Waals surface area contributed by atoms with Gasteiger partial charge in [-0.1, -0.05) is 36.9 Å². The highest BCUT2D eigenvalue weighted by Crippen LogP contribution is 2.38. The fourth-order valence-electron chi connectivity index (χ4n) is 2.24. The molecule has 22 heavy (non-hydrogen) atoms.